The van der Waals surface area contributed by atoms with Gasteiger partial charge in [-0.2, -0.15) is 0 Å². The molecule has 1 aromatic carbocycles. The van der Waals surface area contributed by atoms with Gasteiger partial charge in [-0.25, -0.2) is 9.78 Å². The average molecular weight is 373 g/mol. The molecule has 0 saturated carbocycles. The Bertz CT molecular complexity index is 654. The lowest BCUT2D eigenvalue weighted by atomic mass is 10.0. The number of likely N-dealkylation sites (tertiary alicyclic amines) is 1. The van der Waals surface area contributed by atoms with Gasteiger partial charge in [-0.05, 0) is 31.5 Å². The van der Waals surface area contributed by atoms with Crippen LogP contribution in [0.5, 0.6) is 0 Å². The number of nitrogens with one attached hydrogen (secondary N) is 1. The van der Waals surface area contributed by atoms with Crippen molar-refractivity contribution in [3.05, 3.63) is 52.5 Å². The second-order valence-electron chi connectivity index (χ2n) is 6.90. The van der Waals surface area contributed by atoms with E-state index >= 15 is 0 Å². The van der Waals surface area contributed by atoms with Gasteiger partial charge in [-0.1, -0.05) is 43.2 Å². The highest BCUT2D eigenvalue weighted by atomic mass is 32.1. The Morgan fingerprint density at radius 3 is 2.62 bits per heavy atom. The van der Waals surface area contributed by atoms with Crippen LogP contribution in [0.4, 0.5) is 4.79 Å². The Hall–Kier alpha value is -1.92. The minimum absolute atomic E-state index is 0.0475. The average Bonchev–Trinajstić information content (AvgIpc) is 3.03. The molecule has 1 fully saturated rings. The van der Waals surface area contributed by atoms with Gasteiger partial charge in [0.05, 0.1) is 23.8 Å². The first kappa shape index (κ1) is 18.9. The summed E-state index contributed by atoms with van der Waals surface area (Å²) in [7, 11) is 1.82. The Labute approximate surface area is 160 Å². The fourth-order valence-corrected chi connectivity index (χ4v) is 4.04. The van der Waals surface area contributed by atoms with Gasteiger partial charge in [0.1, 0.15) is 0 Å². The Kier molecular flexibility index (Phi) is 7.03. The molecular formula is C20H28N4OS. The van der Waals surface area contributed by atoms with Gasteiger partial charge in [-0.15, -0.1) is 11.3 Å². The summed E-state index contributed by atoms with van der Waals surface area (Å²) in [5.41, 5.74) is 4.00. The lowest BCUT2D eigenvalue weighted by Crippen LogP contribution is -2.43. The van der Waals surface area contributed by atoms with Gasteiger partial charge in [-0.3, -0.25) is 4.90 Å². The van der Waals surface area contributed by atoms with Crippen LogP contribution in [0.15, 0.2) is 41.2 Å². The van der Waals surface area contributed by atoms with Crippen molar-refractivity contribution < 1.29 is 4.79 Å². The highest BCUT2D eigenvalue weighted by Crippen LogP contribution is 2.23. The van der Waals surface area contributed by atoms with Gasteiger partial charge in [0.25, 0.3) is 0 Å². The third-order valence-electron chi connectivity index (χ3n) is 4.94. The maximum Gasteiger partial charge on any atom is 0.317 e. The zero-order valence-corrected chi connectivity index (χ0v) is 16.3. The standard InChI is InChI=1S/C20H28N4OS/c1-23(14-18-15-26-16-22-18)20(25)21-13-19(17-9-5-4-6-10-17)24-11-7-2-3-8-12-24/h4-6,9-10,15-16,19H,2-3,7-8,11-14H2,1H3,(H,21,25). The maximum atomic E-state index is 12.5. The largest absolute Gasteiger partial charge is 0.336 e. The minimum atomic E-state index is -0.0475. The van der Waals surface area contributed by atoms with E-state index < -0.39 is 0 Å². The summed E-state index contributed by atoms with van der Waals surface area (Å²) in [6, 6.07) is 10.7. The predicted molar refractivity (Wildman–Crippen MR) is 106 cm³/mol. The molecule has 1 unspecified atom stereocenters. The van der Waals surface area contributed by atoms with Crippen molar-refractivity contribution in [1.29, 1.82) is 0 Å². The molecule has 0 spiro atoms. The lowest BCUT2D eigenvalue weighted by Gasteiger charge is -2.32. The summed E-state index contributed by atoms with van der Waals surface area (Å²) >= 11 is 1.55. The smallest absolute Gasteiger partial charge is 0.317 e. The number of nitrogens with zero attached hydrogens (tertiary/aromatic N) is 3. The van der Waals surface area contributed by atoms with E-state index in [0.29, 0.717) is 13.1 Å². The number of rotatable bonds is 6. The number of aromatic nitrogens is 1. The van der Waals surface area contributed by atoms with Crippen molar-refractivity contribution in [1.82, 2.24) is 20.1 Å². The van der Waals surface area contributed by atoms with Gasteiger partial charge < -0.3 is 10.2 Å². The number of urea groups is 1. The summed E-state index contributed by atoms with van der Waals surface area (Å²) < 4.78 is 0. The molecule has 0 bridgehead atoms. The molecule has 2 aromatic rings. The second-order valence-corrected chi connectivity index (χ2v) is 7.62. The first-order chi connectivity index (χ1) is 12.7. The number of amides is 2. The zero-order valence-electron chi connectivity index (χ0n) is 15.4. The lowest BCUT2D eigenvalue weighted by molar-refractivity contribution is 0.183. The van der Waals surface area contributed by atoms with Gasteiger partial charge in [0.15, 0.2) is 0 Å². The summed E-state index contributed by atoms with van der Waals surface area (Å²) in [6.45, 7) is 3.37. The van der Waals surface area contributed by atoms with Gasteiger partial charge in [0.2, 0.25) is 0 Å². The first-order valence-electron chi connectivity index (χ1n) is 9.39. The molecule has 2 amide bonds. The molecule has 6 heteroatoms. The number of hydrogen-bond acceptors (Lipinski definition) is 4. The maximum absolute atomic E-state index is 12.5. The van der Waals surface area contributed by atoms with Crippen LogP contribution >= 0.6 is 11.3 Å². The molecular weight excluding hydrogens is 344 g/mol. The SMILES string of the molecule is CN(Cc1cscn1)C(=O)NCC(c1ccccc1)N1CCCCCC1. The van der Waals surface area contributed by atoms with Gasteiger partial charge >= 0.3 is 6.03 Å². The fraction of sp³-hybridized carbons (Fsp3) is 0.500. The van der Waals surface area contributed by atoms with E-state index in [1.165, 1.54) is 31.2 Å². The number of hydrogen-bond donors (Lipinski definition) is 1. The van der Waals surface area contributed by atoms with Crippen molar-refractivity contribution in [2.45, 2.75) is 38.3 Å². The minimum Gasteiger partial charge on any atom is -0.336 e. The highest BCUT2D eigenvalue weighted by molar-refractivity contribution is 7.07. The third-order valence-corrected chi connectivity index (χ3v) is 5.58. The molecule has 0 aliphatic carbocycles. The molecule has 1 saturated heterocycles. The highest BCUT2D eigenvalue weighted by Gasteiger charge is 2.22. The summed E-state index contributed by atoms with van der Waals surface area (Å²) in [5, 5.41) is 5.11. The molecule has 3 rings (SSSR count). The summed E-state index contributed by atoms with van der Waals surface area (Å²) in [4.78, 5) is 21.0. The van der Waals surface area contributed by atoms with Crippen molar-refractivity contribution in [3.8, 4) is 0 Å². The second kappa shape index (κ2) is 9.69. The number of carbonyl (C=O) groups excluding carboxylic acids is 1. The number of carbonyl (C=O) groups is 1. The Morgan fingerprint density at radius 1 is 1.23 bits per heavy atom. The van der Waals surface area contributed by atoms with E-state index in [2.05, 4.69) is 39.5 Å². The molecule has 1 N–H and O–H groups in total. The van der Waals surface area contributed by atoms with Crippen LogP contribution in [-0.2, 0) is 6.54 Å². The van der Waals surface area contributed by atoms with Crippen molar-refractivity contribution >= 4 is 17.4 Å². The number of benzene rings is 1. The van der Waals surface area contributed by atoms with Crippen LogP contribution < -0.4 is 5.32 Å². The predicted octanol–water partition coefficient (Wildman–Crippen LogP) is 3.90. The Balaban J connectivity index is 1.62. The van der Waals surface area contributed by atoms with E-state index in [1.807, 2.05) is 18.5 Å². The first-order valence-corrected chi connectivity index (χ1v) is 10.3. The van der Waals surface area contributed by atoms with E-state index in [4.69, 9.17) is 0 Å². The Morgan fingerprint density at radius 2 is 1.96 bits per heavy atom. The molecule has 1 atom stereocenters. The van der Waals surface area contributed by atoms with E-state index in [9.17, 15) is 4.79 Å². The van der Waals surface area contributed by atoms with E-state index in [0.717, 1.165) is 18.8 Å². The van der Waals surface area contributed by atoms with Gasteiger partial charge in [0, 0.05) is 19.0 Å². The normalized spacial score (nSPS) is 16.7. The van der Waals surface area contributed by atoms with Crippen LogP contribution in [0.3, 0.4) is 0 Å². The summed E-state index contributed by atoms with van der Waals surface area (Å²) in [5.74, 6) is 0. The quantitative estimate of drug-likeness (QED) is 0.836. The van der Waals surface area contributed by atoms with Crippen LogP contribution in [-0.4, -0.2) is 47.5 Å². The van der Waals surface area contributed by atoms with Crippen molar-refractivity contribution in [3.63, 3.8) is 0 Å². The molecule has 26 heavy (non-hydrogen) atoms. The molecule has 5 nitrogen and oxygen atoms in total. The van der Waals surface area contributed by atoms with E-state index in [1.54, 1.807) is 21.7 Å². The molecule has 1 aliphatic rings. The monoisotopic (exact) mass is 372 g/mol. The molecule has 1 aliphatic heterocycles. The van der Waals surface area contributed by atoms with Crippen LogP contribution in [0.25, 0.3) is 0 Å². The van der Waals surface area contributed by atoms with E-state index in [-0.39, 0.29) is 12.1 Å². The molecule has 0 radical (unpaired) electrons. The topological polar surface area (TPSA) is 48.5 Å². The molecule has 1 aromatic heterocycles. The van der Waals surface area contributed by atoms with Crippen LogP contribution in [0.2, 0.25) is 0 Å². The number of thiazole rings is 1. The fourth-order valence-electron chi connectivity index (χ4n) is 3.49. The van der Waals surface area contributed by atoms with Crippen molar-refractivity contribution in [2.75, 3.05) is 26.7 Å². The van der Waals surface area contributed by atoms with Crippen LogP contribution in [0.1, 0.15) is 43.0 Å². The van der Waals surface area contributed by atoms with Crippen LogP contribution in [0, 0.1) is 0 Å². The third kappa shape index (κ3) is 5.29. The molecule has 140 valence electrons. The zero-order chi connectivity index (χ0) is 18.2. The summed E-state index contributed by atoms with van der Waals surface area (Å²) in [6.07, 6.45) is 5.09. The van der Waals surface area contributed by atoms with Crippen molar-refractivity contribution in [2.24, 2.45) is 0 Å². The molecule has 2 heterocycles.